The van der Waals surface area contributed by atoms with E-state index in [0.717, 1.165) is 3.57 Å². The second-order valence-electron chi connectivity index (χ2n) is 5.83. The van der Waals surface area contributed by atoms with Crippen LogP contribution in [0.1, 0.15) is 32.8 Å². The van der Waals surface area contributed by atoms with Gasteiger partial charge in [0.15, 0.2) is 0 Å². The molecule has 1 rings (SSSR count). The van der Waals surface area contributed by atoms with Gasteiger partial charge in [0.2, 0.25) is 5.91 Å². The number of hydrogen-bond donors (Lipinski definition) is 1. The SMILES string of the molecule is CC(C)(C)OC(=O)C[C@@H](Cc1ccc(I)cc1F)C(N)=O. The maximum atomic E-state index is 13.8. The molecule has 0 radical (unpaired) electrons. The molecule has 0 fully saturated rings. The van der Waals surface area contributed by atoms with Crippen LogP contribution in [0.25, 0.3) is 0 Å². The fourth-order valence-corrected chi connectivity index (χ4v) is 2.26. The standard InChI is InChI=1S/C15H19FINO3/c1-15(2,3)21-13(19)7-10(14(18)20)6-9-4-5-11(17)8-12(9)16/h4-5,8,10H,6-7H2,1-3H3,(H2,18,20)/t10-/m1/s1. The predicted octanol–water partition coefficient (Wildman–Crippen LogP) is 2.81. The van der Waals surface area contributed by atoms with Crippen LogP contribution in [0.15, 0.2) is 18.2 Å². The molecule has 1 amide bonds. The lowest BCUT2D eigenvalue weighted by Gasteiger charge is -2.21. The summed E-state index contributed by atoms with van der Waals surface area (Å²) >= 11 is 2.00. The fraction of sp³-hybridized carbons (Fsp3) is 0.467. The molecule has 0 aliphatic heterocycles. The number of halogens is 2. The zero-order valence-corrected chi connectivity index (χ0v) is 14.4. The highest BCUT2D eigenvalue weighted by molar-refractivity contribution is 14.1. The molecule has 116 valence electrons. The number of nitrogens with two attached hydrogens (primary N) is 1. The van der Waals surface area contributed by atoms with Gasteiger partial charge < -0.3 is 10.5 Å². The highest BCUT2D eigenvalue weighted by atomic mass is 127. The van der Waals surface area contributed by atoms with Gasteiger partial charge in [-0.05, 0) is 67.5 Å². The number of esters is 1. The summed E-state index contributed by atoms with van der Waals surface area (Å²) in [5, 5.41) is 0. The van der Waals surface area contributed by atoms with Gasteiger partial charge in [-0.3, -0.25) is 9.59 Å². The lowest BCUT2D eigenvalue weighted by Crippen LogP contribution is -2.31. The van der Waals surface area contributed by atoms with Crippen LogP contribution in [0.4, 0.5) is 4.39 Å². The maximum Gasteiger partial charge on any atom is 0.307 e. The normalized spacial score (nSPS) is 12.8. The number of rotatable bonds is 5. The maximum absolute atomic E-state index is 13.8. The molecule has 0 aromatic heterocycles. The third-order valence-corrected chi connectivity index (χ3v) is 3.39. The van der Waals surface area contributed by atoms with E-state index in [1.807, 2.05) is 22.6 Å². The Bertz CT molecular complexity index is 540. The summed E-state index contributed by atoms with van der Waals surface area (Å²) in [5.41, 5.74) is 5.04. The predicted molar refractivity (Wildman–Crippen MR) is 86.0 cm³/mol. The Morgan fingerprint density at radius 1 is 1.38 bits per heavy atom. The molecular formula is C15H19FINO3. The van der Waals surface area contributed by atoms with E-state index in [4.69, 9.17) is 10.5 Å². The van der Waals surface area contributed by atoms with E-state index < -0.39 is 29.2 Å². The van der Waals surface area contributed by atoms with Gasteiger partial charge in [-0.15, -0.1) is 0 Å². The van der Waals surface area contributed by atoms with Crippen LogP contribution >= 0.6 is 22.6 Å². The molecule has 4 nitrogen and oxygen atoms in total. The molecule has 1 aromatic carbocycles. The number of benzene rings is 1. The molecule has 0 heterocycles. The van der Waals surface area contributed by atoms with Crippen LogP contribution in [0.2, 0.25) is 0 Å². The zero-order valence-electron chi connectivity index (χ0n) is 12.3. The monoisotopic (exact) mass is 407 g/mol. The number of primary amides is 1. The van der Waals surface area contributed by atoms with Crippen molar-refractivity contribution < 1.29 is 18.7 Å². The minimum Gasteiger partial charge on any atom is -0.460 e. The Balaban J connectivity index is 2.79. The van der Waals surface area contributed by atoms with E-state index in [9.17, 15) is 14.0 Å². The van der Waals surface area contributed by atoms with Gasteiger partial charge in [0.1, 0.15) is 11.4 Å². The van der Waals surface area contributed by atoms with E-state index in [2.05, 4.69) is 0 Å². The molecule has 0 spiro atoms. The molecular weight excluding hydrogens is 388 g/mol. The number of carbonyl (C=O) groups excluding carboxylic acids is 2. The van der Waals surface area contributed by atoms with Gasteiger partial charge in [-0.25, -0.2) is 4.39 Å². The van der Waals surface area contributed by atoms with Gasteiger partial charge in [0.05, 0.1) is 12.3 Å². The summed E-state index contributed by atoms with van der Waals surface area (Å²) in [4.78, 5) is 23.3. The average Bonchev–Trinajstić information content (AvgIpc) is 2.28. The molecule has 1 aromatic rings. The molecule has 21 heavy (non-hydrogen) atoms. The molecule has 1 atom stereocenters. The smallest absolute Gasteiger partial charge is 0.307 e. The Kier molecular flexibility index (Phi) is 6.12. The zero-order chi connectivity index (χ0) is 16.2. The van der Waals surface area contributed by atoms with Crippen molar-refractivity contribution in [2.75, 3.05) is 0 Å². The third kappa shape index (κ3) is 6.41. The Morgan fingerprint density at radius 2 is 2.00 bits per heavy atom. The van der Waals surface area contributed by atoms with E-state index in [0.29, 0.717) is 5.56 Å². The van der Waals surface area contributed by atoms with E-state index in [1.54, 1.807) is 32.9 Å². The second kappa shape index (κ2) is 7.20. The molecule has 0 bridgehead atoms. The van der Waals surface area contributed by atoms with Crippen molar-refractivity contribution in [2.45, 2.75) is 39.2 Å². The van der Waals surface area contributed by atoms with E-state index >= 15 is 0 Å². The number of ether oxygens (including phenoxy) is 1. The topological polar surface area (TPSA) is 69.4 Å². The number of carbonyl (C=O) groups is 2. The highest BCUT2D eigenvalue weighted by Gasteiger charge is 2.25. The van der Waals surface area contributed by atoms with Crippen molar-refractivity contribution in [2.24, 2.45) is 11.7 Å². The van der Waals surface area contributed by atoms with Crippen LogP contribution in [-0.2, 0) is 20.7 Å². The Labute approximate surface area is 137 Å². The van der Waals surface area contributed by atoms with Crippen molar-refractivity contribution in [1.29, 1.82) is 0 Å². The summed E-state index contributed by atoms with van der Waals surface area (Å²) in [5.74, 6) is -2.34. The lowest BCUT2D eigenvalue weighted by atomic mass is 9.95. The van der Waals surface area contributed by atoms with Crippen molar-refractivity contribution in [3.63, 3.8) is 0 Å². The Hall–Kier alpha value is -1.18. The first-order valence-electron chi connectivity index (χ1n) is 6.53. The minimum absolute atomic E-state index is 0.0807. The number of amides is 1. The number of hydrogen-bond acceptors (Lipinski definition) is 3. The first-order valence-corrected chi connectivity index (χ1v) is 7.61. The molecule has 0 saturated carbocycles. The van der Waals surface area contributed by atoms with Gasteiger partial charge in [0, 0.05) is 3.57 Å². The average molecular weight is 407 g/mol. The van der Waals surface area contributed by atoms with Crippen molar-refractivity contribution in [1.82, 2.24) is 0 Å². The summed E-state index contributed by atoms with van der Waals surface area (Å²) in [6, 6.07) is 4.72. The molecule has 0 unspecified atom stereocenters. The molecule has 6 heteroatoms. The fourth-order valence-electron chi connectivity index (χ4n) is 1.81. The van der Waals surface area contributed by atoms with Crippen LogP contribution in [-0.4, -0.2) is 17.5 Å². The summed E-state index contributed by atoms with van der Waals surface area (Å²) in [7, 11) is 0. The van der Waals surface area contributed by atoms with E-state index in [1.165, 1.54) is 6.07 Å². The van der Waals surface area contributed by atoms with Crippen molar-refractivity contribution in [3.05, 3.63) is 33.1 Å². The van der Waals surface area contributed by atoms with Gasteiger partial charge in [0.25, 0.3) is 0 Å². The highest BCUT2D eigenvalue weighted by Crippen LogP contribution is 2.19. The van der Waals surface area contributed by atoms with Crippen LogP contribution in [0.5, 0.6) is 0 Å². The molecule has 0 saturated heterocycles. The first kappa shape index (κ1) is 17.9. The van der Waals surface area contributed by atoms with Gasteiger partial charge in [-0.1, -0.05) is 6.07 Å². The summed E-state index contributed by atoms with van der Waals surface area (Å²) in [6.07, 6.45) is -0.0740. The largest absolute Gasteiger partial charge is 0.460 e. The van der Waals surface area contributed by atoms with Crippen LogP contribution in [0.3, 0.4) is 0 Å². The minimum atomic E-state index is -0.783. The van der Waals surface area contributed by atoms with Crippen molar-refractivity contribution in [3.8, 4) is 0 Å². The van der Waals surface area contributed by atoms with Crippen LogP contribution < -0.4 is 5.73 Å². The molecule has 0 aliphatic carbocycles. The van der Waals surface area contributed by atoms with Crippen LogP contribution in [0, 0.1) is 15.3 Å². The quantitative estimate of drug-likeness (QED) is 0.603. The third-order valence-electron chi connectivity index (χ3n) is 2.72. The second-order valence-corrected chi connectivity index (χ2v) is 7.08. The lowest BCUT2D eigenvalue weighted by molar-refractivity contribution is -0.157. The van der Waals surface area contributed by atoms with Crippen molar-refractivity contribution >= 4 is 34.5 Å². The first-order chi connectivity index (χ1) is 9.58. The van der Waals surface area contributed by atoms with Gasteiger partial charge in [-0.2, -0.15) is 0 Å². The van der Waals surface area contributed by atoms with Gasteiger partial charge >= 0.3 is 5.97 Å². The molecule has 0 aliphatic rings. The summed E-state index contributed by atoms with van der Waals surface area (Å²) < 4.78 is 19.7. The molecule has 2 N–H and O–H groups in total. The Morgan fingerprint density at radius 3 is 2.48 bits per heavy atom. The van der Waals surface area contributed by atoms with E-state index in [-0.39, 0.29) is 12.8 Å². The summed E-state index contributed by atoms with van der Waals surface area (Å²) in [6.45, 7) is 5.22.